The standard InChI is InChI=1S/C11H11FO2/c1-6-3-7-4-10(14-2)9(12)5-8(7)11(6)13/h4-6H,3H2,1-2H3/t6-/m0/s1. The van der Waals surface area contributed by atoms with Gasteiger partial charge in [0, 0.05) is 11.5 Å². The topological polar surface area (TPSA) is 26.3 Å². The normalized spacial score (nSPS) is 19.6. The summed E-state index contributed by atoms with van der Waals surface area (Å²) < 4.78 is 18.1. The van der Waals surface area contributed by atoms with Crippen molar-refractivity contribution in [2.24, 2.45) is 5.92 Å². The van der Waals surface area contributed by atoms with Crippen molar-refractivity contribution in [3.63, 3.8) is 0 Å². The van der Waals surface area contributed by atoms with Crippen LogP contribution in [-0.4, -0.2) is 12.9 Å². The Balaban J connectivity index is 2.54. The molecule has 2 nitrogen and oxygen atoms in total. The number of rotatable bonds is 1. The number of ketones is 1. The van der Waals surface area contributed by atoms with Crippen LogP contribution in [0.3, 0.4) is 0 Å². The van der Waals surface area contributed by atoms with Gasteiger partial charge in [-0.1, -0.05) is 6.92 Å². The van der Waals surface area contributed by atoms with Gasteiger partial charge in [-0.05, 0) is 24.1 Å². The molecule has 1 aliphatic carbocycles. The average Bonchev–Trinajstić information content (AvgIpc) is 2.43. The summed E-state index contributed by atoms with van der Waals surface area (Å²) in [6.45, 7) is 1.85. The van der Waals surface area contributed by atoms with Gasteiger partial charge in [-0.15, -0.1) is 0 Å². The number of fused-ring (bicyclic) bond motifs is 1. The first-order valence-electron chi connectivity index (χ1n) is 4.54. The molecular formula is C11H11FO2. The third kappa shape index (κ3) is 1.20. The van der Waals surface area contributed by atoms with E-state index in [0.29, 0.717) is 12.0 Å². The van der Waals surface area contributed by atoms with E-state index in [2.05, 4.69) is 0 Å². The van der Waals surface area contributed by atoms with Gasteiger partial charge in [0.05, 0.1) is 7.11 Å². The number of halogens is 1. The van der Waals surface area contributed by atoms with Crippen LogP contribution in [0.5, 0.6) is 5.75 Å². The number of carbonyl (C=O) groups excluding carboxylic acids is 1. The zero-order valence-corrected chi connectivity index (χ0v) is 8.13. The molecule has 1 aliphatic rings. The Bertz CT molecular complexity index is 399. The van der Waals surface area contributed by atoms with Gasteiger partial charge in [-0.3, -0.25) is 4.79 Å². The average molecular weight is 194 g/mol. The van der Waals surface area contributed by atoms with Gasteiger partial charge in [-0.2, -0.15) is 0 Å². The highest BCUT2D eigenvalue weighted by molar-refractivity contribution is 6.02. The van der Waals surface area contributed by atoms with E-state index >= 15 is 0 Å². The predicted molar refractivity (Wildman–Crippen MR) is 50.2 cm³/mol. The number of ether oxygens (including phenoxy) is 1. The molecular weight excluding hydrogens is 183 g/mol. The van der Waals surface area contributed by atoms with E-state index in [4.69, 9.17) is 4.74 Å². The lowest BCUT2D eigenvalue weighted by molar-refractivity contribution is 0.0946. The van der Waals surface area contributed by atoms with E-state index in [1.807, 2.05) is 6.92 Å². The lowest BCUT2D eigenvalue weighted by atomic mass is 10.1. The Morgan fingerprint density at radius 2 is 2.21 bits per heavy atom. The Labute approximate surface area is 81.7 Å². The van der Waals surface area contributed by atoms with Crippen molar-refractivity contribution in [1.29, 1.82) is 0 Å². The zero-order valence-electron chi connectivity index (χ0n) is 8.13. The first kappa shape index (κ1) is 9.19. The summed E-state index contributed by atoms with van der Waals surface area (Å²) in [6.07, 6.45) is 0.685. The highest BCUT2D eigenvalue weighted by Crippen LogP contribution is 2.31. The first-order valence-corrected chi connectivity index (χ1v) is 4.54. The minimum atomic E-state index is -0.464. The number of carbonyl (C=O) groups is 1. The molecule has 0 fully saturated rings. The van der Waals surface area contributed by atoms with E-state index in [0.717, 1.165) is 5.56 Å². The largest absolute Gasteiger partial charge is 0.494 e. The van der Waals surface area contributed by atoms with Gasteiger partial charge in [0.25, 0.3) is 0 Å². The van der Waals surface area contributed by atoms with Crippen LogP contribution in [0.25, 0.3) is 0 Å². The number of benzene rings is 1. The van der Waals surface area contributed by atoms with E-state index in [1.165, 1.54) is 13.2 Å². The Hall–Kier alpha value is -1.38. The summed E-state index contributed by atoms with van der Waals surface area (Å²) >= 11 is 0. The second-order valence-corrected chi connectivity index (χ2v) is 3.61. The Kier molecular flexibility index (Phi) is 2.02. The van der Waals surface area contributed by atoms with Crippen LogP contribution in [0.15, 0.2) is 12.1 Å². The van der Waals surface area contributed by atoms with Crippen molar-refractivity contribution in [2.45, 2.75) is 13.3 Å². The van der Waals surface area contributed by atoms with E-state index in [9.17, 15) is 9.18 Å². The highest BCUT2D eigenvalue weighted by Gasteiger charge is 2.28. The van der Waals surface area contributed by atoms with Crippen molar-refractivity contribution in [3.8, 4) is 5.75 Å². The van der Waals surface area contributed by atoms with Crippen LogP contribution in [0.1, 0.15) is 22.8 Å². The summed E-state index contributed by atoms with van der Waals surface area (Å²) in [6, 6.07) is 2.89. The highest BCUT2D eigenvalue weighted by atomic mass is 19.1. The number of Topliss-reactive ketones (excluding diaryl/α,β-unsaturated/α-hetero) is 1. The molecule has 0 saturated heterocycles. The third-order valence-electron chi connectivity index (χ3n) is 2.62. The molecule has 1 atom stereocenters. The molecule has 2 rings (SSSR count). The number of hydrogen-bond acceptors (Lipinski definition) is 2. The molecule has 0 unspecified atom stereocenters. The fraction of sp³-hybridized carbons (Fsp3) is 0.364. The molecule has 14 heavy (non-hydrogen) atoms. The summed E-state index contributed by atoms with van der Waals surface area (Å²) in [5.41, 5.74) is 1.40. The lowest BCUT2D eigenvalue weighted by Gasteiger charge is -2.03. The summed E-state index contributed by atoms with van der Waals surface area (Å²) in [5, 5.41) is 0. The predicted octanol–water partition coefficient (Wildman–Crippen LogP) is 2.21. The summed E-state index contributed by atoms with van der Waals surface area (Å²) in [4.78, 5) is 11.5. The van der Waals surface area contributed by atoms with Gasteiger partial charge >= 0.3 is 0 Å². The fourth-order valence-electron chi connectivity index (χ4n) is 1.84. The van der Waals surface area contributed by atoms with Gasteiger partial charge < -0.3 is 4.74 Å². The molecule has 0 N–H and O–H groups in total. The Morgan fingerprint density at radius 3 is 2.86 bits per heavy atom. The molecule has 3 heteroatoms. The second-order valence-electron chi connectivity index (χ2n) is 3.61. The maximum Gasteiger partial charge on any atom is 0.166 e. The molecule has 74 valence electrons. The third-order valence-corrected chi connectivity index (χ3v) is 2.62. The van der Waals surface area contributed by atoms with Crippen LogP contribution in [-0.2, 0) is 6.42 Å². The molecule has 0 heterocycles. The zero-order chi connectivity index (χ0) is 10.3. The van der Waals surface area contributed by atoms with Crippen molar-refractivity contribution in [2.75, 3.05) is 7.11 Å². The monoisotopic (exact) mass is 194 g/mol. The molecule has 0 radical (unpaired) electrons. The van der Waals surface area contributed by atoms with E-state index < -0.39 is 5.82 Å². The van der Waals surface area contributed by atoms with E-state index in [-0.39, 0.29) is 17.5 Å². The molecule has 1 aromatic carbocycles. The van der Waals surface area contributed by atoms with Crippen LogP contribution in [0.4, 0.5) is 4.39 Å². The molecule has 0 bridgehead atoms. The maximum absolute atomic E-state index is 13.3. The van der Waals surface area contributed by atoms with Crippen molar-refractivity contribution in [3.05, 3.63) is 29.1 Å². The van der Waals surface area contributed by atoms with Crippen molar-refractivity contribution >= 4 is 5.78 Å². The molecule has 0 amide bonds. The minimum Gasteiger partial charge on any atom is -0.494 e. The SMILES string of the molecule is COc1cc2c(cc1F)C(=O)[C@@H](C)C2. The van der Waals surface area contributed by atoms with Crippen LogP contribution >= 0.6 is 0 Å². The smallest absolute Gasteiger partial charge is 0.166 e. The second kappa shape index (κ2) is 3.08. The number of hydrogen-bond donors (Lipinski definition) is 0. The van der Waals surface area contributed by atoms with Crippen LogP contribution < -0.4 is 4.74 Å². The van der Waals surface area contributed by atoms with Crippen molar-refractivity contribution < 1.29 is 13.9 Å². The quantitative estimate of drug-likeness (QED) is 0.685. The lowest BCUT2D eigenvalue weighted by Crippen LogP contribution is -2.03. The fourth-order valence-corrected chi connectivity index (χ4v) is 1.84. The van der Waals surface area contributed by atoms with Crippen LogP contribution in [0.2, 0.25) is 0 Å². The first-order chi connectivity index (χ1) is 6.63. The molecule has 0 aromatic heterocycles. The van der Waals surface area contributed by atoms with Gasteiger partial charge in [-0.25, -0.2) is 4.39 Å². The minimum absolute atomic E-state index is 0.0292. The summed E-state index contributed by atoms with van der Waals surface area (Å²) in [5.74, 6) is -0.252. The maximum atomic E-state index is 13.3. The molecule has 0 aliphatic heterocycles. The molecule has 0 spiro atoms. The molecule has 1 aromatic rings. The van der Waals surface area contributed by atoms with Gasteiger partial charge in [0.15, 0.2) is 17.3 Å². The summed E-state index contributed by atoms with van der Waals surface area (Å²) in [7, 11) is 1.42. The van der Waals surface area contributed by atoms with E-state index in [1.54, 1.807) is 6.07 Å². The molecule has 0 saturated carbocycles. The van der Waals surface area contributed by atoms with Crippen molar-refractivity contribution in [1.82, 2.24) is 0 Å². The Morgan fingerprint density at radius 1 is 1.50 bits per heavy atom. The van der Waals surface area contributed by atoms with Gasteiger partial charge in [0.1, 0.15) is 0 Å². The number of methoxy groups -OCH3 is 1. The van der Waals surface area contributed by atoms with Crippen LogP contribution in [0, 0.1) is 11.7 Å². The van der Waals surface area contributed by atoms with Gasteiger partial charge in [0.2, 0.25) is 0 Å².